The van der Waals surface area contributed by atoms with E-state index in [1.165, 1.54) is 14.2 Å². The molecule has 0 aromatic heterocycles. The Labute approximate surface area is 135 Å². The number of halogens is 1. The highest BCUT2D eigenvalue weighted by atomic mass is 35.5. The number of anilines is 1. The maximum atomic E-state index is 12.4. The van der Waals surface area contributed by atoms with E-state index in [4.69, 9.17) is 21.1 Å². The predicted molar refractivity (Wildman–Crippen MR) is 88.4 cm³/mol. The first-order chi connectivity index (χ1) is 10.5. The molecular weight excluding hydrogens is 302 g/mol. The highest BCUT2D eigenvalue weighted by Crippen LogP contribution is 2.36. The maximum absolute atomic E-state index is 12.4. The number of rotatable bonds is 4. The minimum Gasteiger partial charge on any atom is -0.493 e. The molecule has 0 saturated heterocycles. The van der Waals surface area contributed by atoms with Crippen LogP contribution in [0.25, 0.3) is 0 Å². The second kappa shape index (κ2) is 6.71. The molecule has 1 N–H and O–H groups in total. The summed E-state index contributed by atoms with van der Waals surface area (Å²) in [6.45, 7) is 3.92. The summed E-state index contributed by atoms with van der Waals surface area (Å²) < 4.78 is 10.4. The molecule has 0 spiro atoms. The molecule has 0 aliphatic rings. The van der Waals surface area contributed by atoms with Crippen LogP contribution in [-0.2, 0) is 0 Å². The van der Waals surface area contributed by atoms with Gasteiger partial charge in [-0.2, -0.15) is 0 Å². The van der Waals surface area contributed by atoms with E-state index in [9.17, 15) is 4.79 Å². The van der Waals surface area contributed by atoms with Gasteiger partial charge in [-0.3, -0.25) is 4.79 Å². The first kappa shape index (κ1) is 16.2. The maximum Gasteiger partial charge on any atom is 0.255 e. The summed E-state index contributed by atoms with van der Waals surface area (Å²) in [5, 5.41) is 3.22. The Balaban J connectivity index is 2.34. The van der Waals surface area contributed by atoms with Crippen molar-refractivity contribution in [2.75, 3.05) is 19.5 Å². The summed E-state index contributed by atoms with van der Waals surface area (Å²) >= 11 is 6.13. The topological polar surface area (TPSA) is 47.6 Å². The Kier molecular flexibility index (Phi) is 4.93. The molecular formula is C17H18ClNO3. The zero-order chi connectivity index (χ0) is 16.3. The molecule has 0 aliphatic heterocycles. The predicted octanol–water partition coefficient (Wildman–Crippen LogP) is 4.23. The van der Waals surface area contributed by atoms with E-state index in [1.807, 2.05) is 32.0 Å². The monoisotopic (exact) mass is 319 g/mol. The van der Waals surface area contributed by atoms with Crippen LogP contribution in [0.15, 0.2) is 30.3 Å². The summed E-state index contributed by atoms with van der Waals surface area (Å²) in [4.78, 5) is 12.4. The van der Waals surface area contributed by atoms with Crippen LogP contribution in [0, 0.1) is 13.8 Å². The Bertz CT molecular complexity index is 713. The fraction of sp³-hybridized carbons (Fsp3) is 0.235. The van der Waals surface area contributed by atoms with Gasteiger partial charge in [0.15, 0.2) is 11.5 Å². The summed E-state index contributed by atoms with van der Waals surface area (Å²) in [5.74, 6) is 0.574. The molecule has 0 bridgehead atoms. The van der Waals surface area contributed by atoms with E-state index in [0.29, 0.717) is 22.1 Å². The van der Waals surface area contributed by atoms with Crippen molar-refractivity contribution in [2.45, 2.75) is 13.8 Å². The third-order valence-corrected chi connectivity index (χ3v) is 3.62. The Morgan fingerprint density at radius 2 is 1.82 bits per heavy atom. The van der Waals surface area contributed by atoms with Crippen molar-refractivity contribution < 1.29 is 14.3 Å². The number of amides is 1. The van der Waals surface area contributed by atoms with Gasteiger partial charge < -0.3 is 14.8 Å². The van der Waals surface area contributed by atoms with E-state index >= 15 is 0 Å². The van der Waals surface area contributed by atoms with Crippen LogP contribution in [0.5, 0.6) is 11.5 Å². The van der Waals surface area contributed by atoms with E-state index in [1.54, 1.807) is 12.1 Å². The highest BCUT2D eigenvalue weighted by Gasteiger charge is 2.15. The fourth-order valence-corrected chi connectivity index (χ4v) is 2.40. The van der Waals surface area contributed by atoms with Crippen LogP contribution in [0.2, 0.25) is 5.02 Å². The van der Waals surface area contributed by atoms with Crippen molar-refractivity contribution in [1.29, 1.82) is 0 Å². The van der Waals surface area contributed by atoms with Crippen LogP contribution in [0.3, 0.4) is 0 Å². The van der Waals surface area contributed by atoms with Crippen LogP contribution < -0.4 is 14.8 Å². The SMILES string of the molecule is COc1cc(C(=O)Nc2cc(C)ccc2C)cc(Cl)c1OC. The first-order valence-electron chi connectivity index (χ1n) is 6.76. The fourth-order valence-electron chi connectivity index (χ4n) is 2.11. The van der Waals surface area contributed by atoms with Gasteiger partial charge >= 0.3 is 0 Å². The third kappa shape index (κ3) is 3.34. The molecule has 22 heavy (non-hydrogen) atoms. The van der Waals surface area contributed by atoms with E-state index in [2.05, 4.69) is 5.32 Å². The van der Waals surface area contributed by atoms with Crippen molar-refractivity contribution in [3.8, 4) is 11.5 Å². The van der Waals surface area contributed by atoms with Gasteiger partial charge in [0, 0.05) is 11.3 Å². The van der Waals surface area contributed by atoms with Crippen molar-refractivity contribution in [2.24, 2.45) is 0 Å². The van der Waals surface area contributed by atoms with E-state index in [0.717, 1.165) is 16.8 Å². The van der Waals surface area contributed by atoms with Gasteiger partial charge in [-0.1, -0.05) is 23.7 Å². The van der Waals surface area contributed by atoms with Gasteiger partial charge in [0.1, 0.15) is 0 Å². The van der Waals surface area contributed by atoms with Crippen LogP contribution >= 0.6 is 11.6 Å². The number of hydrogen-bond donors (Lipinski definition) is 1. The molecule has 116 valence electrons. The molecule has 0 radical (unpaired) electrons. The lowest BCUT2D eigenvalue weighted by molar-refractivity contribution is 0.102. The summed E-state index contributed by atoms with van der Waals surface area (Å²) in [5.41, 5.74) is 3.25. The van der Waals surface area contributed by atoms with E-state index in [-0.39, 0.29) is 5.91 Å². The second-order valence-electron chi connectivity index (χ2n) is 4.97. The van der Waals surface area contributed by atoms with Crippen molar-refractivity contribution in [3.05, 3.63) is 52.0 Å². The molecule has 0 aliphatic carbocycles. The lowest BCUT2D eigenvalue weighted by atomic mass is 10.1. The van der Waals surface area contributed by atoms with Crippen molar-refractivity contribution in [3.63, 3.8) is 0 Å². The molecule has 0 heterocycles. The number of hydrogen-bond acceptors (Lipinski definition) is 3. The normalized spacial score (nSPS) is 10.2. The average Bonchev–Trinajstić information content (AvgIpc) is 2.49. The number of ether oxygens (including phenoxy) is 2. The van der Waals surface area contributed by atoms with Gasteiger partial charge in [-0.25, -0.2) is 0 Å². The van der Waals surface area contributed by atoms with Gasteiger partial charge in [0.25, 0.3) is 5.91 Å². The van der Waals surface area contributed by atoms with Crippen molar-refractivity contribution in [1.82, 2.24) is 0 Å². The largest absolute Gasteiger partial charge is 0.493 e. The lowest BCUT2D eigenvalue weighted by Gasteiger charge is -2.13. The molecule has 0 fully saturated rings. The number of nitrogens with one attached hydrogen (secondary N) is 1. The molecule has 0 atom stereocenters. The number of carbonyl (C=O) groups is 1. The van der Waals surface area contributed by atoms with Crippen LogP contribution in [0.1, 0.15) is 21.5 Å². The molecule has 1 amide bonds. The second-order valence-corrected chi connectivity index (χ2v) is 5.37. The quantitative estimate of drug-likeness (QED) is 0.917. The number of carbonyl (C=O) groups excluding carboxylic acids is 1. The van der Waals surface area contributed by atoms with Crippen LogP contribution in [0.4, 0.5) is 5.69 Å². The Morgan fingerprint density at radius 3 is 2.45 bits per heavy atom. The Morgan fingerprint density at radius 1 is 1.09 bits per heavy atom. The molecule has 0 unspecified atom stereocenters. The molecule has 4 nitrogen and oxygen atoms in total. The molecule has 0 saturated carbocycles. The highest BCUT2D eigenvalue weighted by molar-refractivity contribution is 6.32. The molecule has 2 aromatic rings. The molecule has 5 heteroatoms. The summed E-state index contributed by atoms with van der Waals surface area (Å²) in [6, 6.07) is 9.05. The standard InChI is InChI=1S/C17H18ClNO3/c1-10-5-6-11(2)14(7-10)19-17(20)12-8-13(18)16(22-4)15(9-12)21-3/h5-9H,1-4H3,(H,19,20). The number of benzene rings is 2. The summed E-state index contributed by atoms with van der Waals surface area (Å²) in [7, 11) is 3.00. The third-order valence-electron chi connectivity index (χ3n) is 3.34. The Hall–Kier alpha value is -2.20. The summed E-state index contributed by atoms with van der Waals surface area (Å²) in [6.07, 6.45) is 0. The number of methoxy groups -OCH3 is 2. The van der Waals surface area contributed by atoms with Gasteiger partial charge in [0.2, 0.25) is 0 Å². The van der Waals surface area contributed by atoms with Gasteiger partial charge in [0.05, 0.1) is 19.2 Å². The van der Waals surface area contributed by atoms with Gasteiger partial charge in [-0.05, 0) is 43.2 Å². The van der Waals surface area contributed by atoms with E-state index < -0.39 is 0 Å². The first-order valence-corrected chi connectivity index (χ1v) is 7.14. The van der Waals surface area contributed by atoms with Gasteiger partial charge in [-0.15, -0.1) is 0 Å². The molecule has 2 rings (SSSR count). The number of aryl methyl sites for hydroxylation is 2. The lowest BCUT2D eigenvalue weighted by Crippen LogP contribution is -2.13. The minimum atomic E-state index is -0.253. The van der Waals surface area contributed by atoms with Crippen molar-refractivity contribution >= 4 is 23.2 Å². The average molecular weight is 320 g/mol. The smallest absolute Gasteiger partial charge is 0.255 e. The van der Waals surface area contributed by atoms with Crippen LogP contribution in [-0.4, -0.2) is 20.1 Å². The minimum absolute atomic E-state index is 0.253. The zero-order valence-electron chi connectivity index (χ0n) is 13.0. The molecule has 2 aromatic carbocycles. The zero-order valence-corrected chi connectivity index (χ0v) is 13.7.